The molecule has 4 heteroatoms. The second-order valence-corrected chi connectivity index (χ2v) is 5.04. The number of para-hydroxylation sites is 2. The third-order valence-electron chi connectivity index (χ3n) is 3.80. The Labute approximate surface area is 113 Å². The predicted octanol–water partition coefficient (Wildman–Crippen LogP) is 2.22. The van der Waals surface area contributed by atoms with Crippen LogP contribution < -0.4 is 0 Å². The molecule has 1 amide bonds. The van der Waals surface area contributed by atoms with Crippen molar-refractivity contribution in [2.75, 3.05) is 13.1 Å². The van der Waals surface area contributed by atoms with E-state index in [9.17, 15) is 4.79 Å². The fourth-order valence-electron chi connectivity index (χ4n) is 2.77. The topological polar surface area (TPSA) is 38.1 Å². The normalized spacial score (nSPS) is 15.3. The SMILES string of the molecule is CCc1nc2ccccc2n1CC(=O)N1CCCC1. The molecule has 0 radical (unpaired) electrons. The molecule has 1 aromatic heterocycles. The van der Waals surface area contributed by atoms with Crippen molar-refractivity contribution in [1.82, 2.24) is 14.5 Å². The third kappa shape index (κ3) is 2.23. The zero-order chi connectivity index (χ0) is 13.2. The first-order valence-corrected chi connectivity index (χ1v) is 7.01. The number of benzene rings is 1. The Kier molecular flexibility index (Phi) is 3.23. The van der Waals surface area contributed by atoms with E-state index in [0.29, 0.717) is 6.54 Å². The number of fused-ring (bicyclic) bond motifs is 1. The highest BCUT2D eigenvalue weighted by Crippen LogP contribution is 2.17. The molecule has 19 heavy (non-hydrogen) atoms. The summed E-state index contributed by atoms with van der Waals surface area (Å²) in [7, 11) is 0. The number of aromatic nitrogens is 2. The van der Waals surface area contributed by atoms with Gasteiger partial charge in [-0.05, 0) is 25.0 Å². The second-order valence-electron chi connectivity index (χ2n) is 5.04. The van der Waals surface area contributed by atoms with Crippen molar-refractivity contribution < 1.29 is 4.79 Å². The van der Waals surface area contributed by atoms with Gasteiger partial charge >= 0.3 is 0 Å². The molecule has 0 atom stereocenters. The van der Waals surface area contributed by atoms with Crippen LogP contribution in [0.1, 0.15) is 25.6 Å². The maximum atomic E-state index is 12.3. The summed E-state index contributed by atoms with van der Waals surface area (Å²) < 4.78 is 2.07. The van der Waals surface area contributed by atoms with Gasteiger partial charge < -0.3 is 9.47 Å². The summed E-state index contributed by atoms with van der Waals surface area (Å²) >= 11 is 0. The summed E-state index contributed by atoms with van der Waals surface area (Å²) in [4.78, 5) is 18.9. The Morgan fingerprint density at radius 1 is 1.26 bits per heavy atom. The molecule has 1 aromatic carbocycles. The number of imidazole rings is 1. The minimum Gasteiger partial charge on any atom is -0.341 e. The highest BCUT2D eigenvalue weighted by atomic mass is 16.2. The van der Waals surface area contributed by atoms with Crippen LogP contribution in [0.4, 0.5) is 0 Å². The van der Waals surface area contributed by atoms with E-state index in [0.717, 1.165) is 49.2 Å². The van der Waals surface area contributed by atoms with Crippen LogP contribution in [0.15, 0.2) is 24.3 Å². The first kappa shape index (κ1) is 12.2. The van der Waals surface area contributed by atoms with Crippen molar-refractivity contribution in [1.29, 1.82) is 0 Å². The lowest BCUT2D eigenvalue weighted by Crippen LogP contribution is -2.31. The molecule has 1 aliphatic rings. The molecule has 0 N–H and O–H groups in total. The fraction of sp³-hybridized carbons (Fsp3) is 0.467. The minimum atomic E-state index is 0.218. The molecule has 3 rings (SSSR count). The lowest BCUT2D eigenvalue weighted by atomic mass is 10.3. The first-order chi connectivity index (χ1) is 9.29. The van der Waals surface area contributed by atoms with Crippen LogP contribution in [-0.2, 0) is 17.8 Å². The third-order valence-corrected chi connectivity index (χ3v) is 3.80. The van der Waals surface area contributed by atoms with E-state index >= 15 is 0 Å². The number of aryl methyl sites for hydroxylation is 1. The van der Waals surface area contributed by atoms with E-state index in [4.69, 9.17) is 0 Å². The number of likely N-dealkylation sites (tertiary alicyclic amines) is 1. The average molecular weight is 257 g/mol. The summed E-state index contributed by atoms with van der Waals surface area (Å²) in [5.41, 5.74) is 2.04. The number of hydrogen-bond acceptors (Lipinski definition) is 2. The van der Waals surface area contributed by atoms with Gasteiger partial charge in [0, 0.05) is 19.5 Å². The monoisotopic (exact) mass is 257 g/mol. The minimum absolute atomic E-state index is 0.218. The van der Waals surface area contributed by atoms with Crippen molar-refractivity contribution in [3.05, 3.63) is 30.1 Å². The Hall–Kier alpha value is -1.84. The van der Waals surface area contributed by atoms with Crippen molar-refractivity contribution in [2.45, 2.75) is 32.7 Å². The van der Waals surface area contributed by atoms with Gasteiger partial charge in [0.15, 0.2) is 0 Å². The first-order valence-electron chi connectivity index (χ1n) is 7.01. The number of carbonyl (C=O) groups excluding carboxylic acids is 1. The van der Waals surface area contributed by atoms with E-state index in [1.807, 2.05) is 29.2 Å². The number of nitrogens with zero attached hydrogens (tertiary/aromatic N) is 3. The fourth-order valence-corrected chi connectivity index (χ4v) is 2.77. The Balaban J connectivity index is 1.92. The van der Waals surface area contributed by atoms with Gasteiger partial charge in [0.05, 0.1) is 11.0 Å². The van der Waals surface area contributed by atoms with E-state index in [1.54, 1.807) is 0 Å². The van der Waals surface area contributed by atoms with Crippen molar-refractivity contribution in [2.24, 2.45) is 0 Å². The standard InChI is InChI=1S/C15H19N3O/c1-2-14-16-12-7-3-4-8-13(12)18(14)11-15(19)17-9-5-6-10-17/h3-4,7-8H,2,5-6,9-11H2,1H3. The average Bonchev–Trinajstić information content (AvgIpc) is 3.06. The number of hydrogen-bond donors (Lipinski definition) is 0. The van der Waals surface area contributed by atoms with Crippen LogP contribution >= 0.6 is 0 Å². The molecular weight excluding hydrogens is 238 g/mol. The second kappa shape index (κ2) is 5.03. The lowest BCUT2D eigenvalue weighted by molar-refractivity contribution is -0.130. The predicted molar refractivity (Wildman–Crippen MR) is 74.9 cm³/mol. The largest absolute Gasteiger partial charge is 0.341 e. The highest BCUT2D eigenvalue weighted by molar-refractivity contribution is 5.81. The Morgan fingerprint density at radius 3 is 2.74 bits per heavy atom. The zero-order valence-electron chi connectivity index (χ0n) is 11.3. The van der Waals surface area contributed by atoms with Crippen LogP contribution in [0.2, 0.25) is 0 Å². The Morgan fingerprint density at radius 2 is 2.00 bits per heavy atom. The van der Waals surface area contributed by atoms with E-state index in [1.165, 1.54) is 0 Å². The molecule has 1 saturated heterocycles. The maximum Gasteiger partial charge on any atom is 0.242 e. The Bertz CT molecular complexity index is 596. The summed E-state index contributed by atoms with van der Waals surface area (Å²) in [6, 6.07) is 8.03. The van der Waals surface area contributed by atoms with Crippen LogP contribution in [0.5, 0.6) is 0 Å². The van der Waals surface area contributed by atoms with Gasteiger partial charge in [-0.25, -0.2) is 4.98 Å². The molecule has 1 aliphatic heterocycles. The lowest BCUT2D eigenvalue weighted by Gasteiger charge is -2.16. The quantitative estimate of drug-likeness (QED) is 0.845. The molecule has 4 nitrogen and oxygen atoms in total. The number of carbonyl (C=O) groups is 1. The zero-order valence-corrected chi connectivity index (χ0v) is 11.3. The molecule has 0 bridgehead atoms. The number of amides is 1. The van der Waals surface area contributed by atoms with Crippen molar-refractivity contribution in [3.63, 3.8) is 0 Å². The van der Waals surface area contributed by atoms with Gasteiger partial charge in [-0.3, -0.25) is 4.79 Å². The van der Waals surface area contributed by atoms with Gasteiger partial charge in [-0.1, -0.05) is 19.1 Å². The molecular formula is C15H19N3O. The van der Waals surface area contributed by atoms with Crippen LogP contribution in [-0.4, -0.2) is 33.4 Å². The summed E-state index contributed by atoms with van der Waals surface area (Å²) in [6.45, 7) is 4.32. The molecule has 0 spiro atoms. The van der Waals surface area contributed by atoms with Gasteiger partial charge in [-0.15, -0.1) is 0 Å². The molecule has 2 heterocycles. The molecule has 0 saturated carbocycles. The molecule has 1 fully saturated rings. The van der Waals surface area contributed by atoms with Crippen molar-refractivity contribution >= 4 is 16.9 Å². The summed E-state index contributed by atoms with van der Waals surface area (Å²) in [5, 5.41) is 0. The van der Waals surface area contributed by atoms with Crippen LogP contribution in [0.25, 0.3) is 11.0 Å². The molecule has 100 valence electrons. The molecule has 0 aliphatic carbocycles. The van der Waals surface area contributed by atoms with Crippen molar-refractivity contribution in [3.8, 4) is 0 Å². The van der Waals surface area contributed by atoms with E-state index in [-0.39, 0.29) is 5.91 Å². The highest BCUT2D eigenvalue weighted by Gasteiger charge is 2.20. The number of rotatable bonds is 3. The smallest absolute Gasteiger partial charge is 0.242 e. The van der Waals surface area contributed by atoms with Gasteiger partial charge in [0.25, 0.3) is 0 Å². The van der Waals surface area contributed by atoms with Gasteiger partial charge in [0.2, 0.25) is 5.91 Å². The molecule has 2 aromatic rings. The van der Waals surface area contributed by atoms with Gasteiger partial charge in [-0.2, -0.15) is 0 Å². The van der Waals surface area contributed by atoms with E-state index in [2.05, 4.69) is 16.5 Å². The van der Waals surface area contributed by atoms with Crippen LogP contribution in [0, 0.1) is 0 Å². The summed E-state index contributed by atoms with van der Waals surface area (Å²) in [6.07, 6.45) is 3.12. The van der Waals surface area contributed by atoms with Crippen LogP contribution in [0.3, 0.4) is 0 Å². The van der Waals surface area contributed by atoms with E-state index < -0.39 is 0 Å². The van der Waals surface area contributed by atoms with Gasteiger partial charge in [0.1, 0.15) is 12.4 Å². The maximum absolute atomic E-state index is 12.3. The molecule has 0 unspecified atom stereocenters. The summed E-state index contributed by atoms with van der Waals surface area (Å²) in [5.74, 6) is 1.21.